The second-order valence-corrected chi connectivity index (χ2v) is 4.32. The minimum absolute atomic E-state index is 0.0539. The molecule has 1 heterocycles. The number of rotatable bonds is 5. The SMILES string of the molecule is CCCO[C@@H]1[C@@H](C)N=NN1c1ccc([N+](=O)[O-])cc1. The molecule has 7 heteroatoms. The summed E-state index contributed by atoms with van der Waals surface area (Å²) in [6.07, 6.45) is 0.665. The normalized spacial score (nSPS) is 21.9. The Kier molecular flexibility index (Phi) is 4.06. The average molecular weight is 264 g/mol. The molecule has 0 saturated heterocycles. The molecule has 7 nitrogen and oxygen atoms in total. The summed E-state index contributed by atoms with van der Waals surface area (Å²) in [6, 6.07) is 6.14. The standard InChI is InChI=1S/C12H16N4O3/c1-3-8-19-12-9(2)13-14-15(12)10-4-6-11(7-5-10)16(17)18/h4-7,9,12H,3,8H2,1-2H3/t9-,12-/m1/s1. The van der Waals surface area contributed by atoms with Gasteiger partial charge in [0.1, 0.15) is 6.04 Å². The molecule has 1 aromatic carbocycles. The van der Waals surface area contributed by atoms with Crippen LogP contribution in [0.2, 0.25) is 0 Å². The first-order valence-electron chi connectivity index (χ1n) is 6.19. The predicted octanol–water partition coefficient (Wildman–Crippen LogP) is 2.92. The predicted molar refractivity (Wildman–Crippen MR) is 69.9 cm³/mol. The lowest BCUT2D eigenvalue weighted by Crippen LogP contribution is -2.36. The topological polar surface area (TPSA) is 80.3 Å². The van der Waals surface area contributed by atoms with Gasteiger partial charge in [-0.2, -0.15) is 5.11 Å². The number of nitrogens with zero attached hydrogens (tertiary/aromatic N) is 4. The van der Waals surface area contributed by atoms with Crippen molar-refractivity contribution in [1.29, 1.82) is 0 Å². The molecule has 2 atom stereocenters. The van der Waals surface area contributed by atoms with Crippen LogP contribution >= 0.6 is 0 Å². The van der Waals surface area contributed by atoms with Crippen LogP contribution in [0.5, 0.6) is 0 Å². The lowest BCUT2D eigenvalue weighted by molar-refractivity contribution is -0.384. The van der Waals surface area contributed by atoms with Gasteiger partial charge in [0, 0.05) is 18.7 Å². The summed E-state index contributed by atoms with van der Waals surface area (Å²) in [7, 11) is 0. The Morgan fingerprint density at radius 3 is 2.68 bits per heavy atom. The number of nitro groups is 1. The summed E-state index contributed by atoms with van der Waals surface area (Å²) >= 11 is 0. The number of benzene rings is 1. The number of hydrogen-bond acceptors (Lipinski definition) is 6. The first-order valence-corrected chi connectivity index (χ1v) is 6.19. The Bertz CT molecular complexity index is 474. The van der Waals surface area contributed by atoms with E-state index in [1.165, 1.54) is 12.1 Å². The fraction of sp³-hybridized carbons (Fsp3) is 0.500. The van der Waals surface area contributed by atoms with Crippen LogP contribution < -0.4 is 5.01 Å². The van der Waals surface area contributed by atoms with Crippen LogP contribution in [0.4, 0.5) is 11.4 Å². The van der Waals surface area contributed by atoms with Crippen molar-refractivity contribution in [3.8, 4) is 0 Å². The van der Waals surface area contributed by atoms with Crippen LogP contribution in [0.15, 0.2) is 34.6 Å². The summed E-state index contributed by atoms with van der Waals surface area (Å²) in [5.41, 5.74) is 0.791. The van der Waals surface area contributed by atoms with Gasteiger partial charge in [-0.25, -0.2) is 5.01 Å². The van der Waals surface area contributed by atoms with Crippen LogP contribution in [0.1, 0.15) is 20.3 Å². The largest absolute Gasteiger partial charge is 0.354 e. The molecule has 1 aliphatic heterocycles. The maximum atomic E-state index is 10.6. The van der Waals surface area contributed by atoms with Crippen LogP contribution in [0.3, 0.4) is 0 Å². The van der Waals surface area contributed by atoms with Gasteiger partial charge in [0.05, 0.1) is 10.6 Å². The highest BCUT2D eigenvalue weighted by atomic mass is 16.6. The van der Waals surface area contributed by atoms with E-state index in [1.54, 1.807) is 17.1 Å². The molecule has 0 unspecified atom stereocenters. The second kappa shape index (κ2) is 5.75. The van der Waals surface area contributed by atoms with Gasteiger partial charge in [0.15, 0.2) is 6.23 Å². The Hall–Kier alpha value is -2.02. The van der Waals surface area contributed by atoms with Crippen molar-refractivity contribution in [3.63, 3.8) is 0 Å². The molecular formula is C12H16N4O3. The zero-order valence-electron chi connectivity index (χ0n) is 10.9. The Morgan fingerprint density at radius 2 is 2.11 bits per heavy atom. The molecule has 0 N–H and O–H groups in total. The average Bonchev–Trinajstić information content (AvgIpc) is 2.78. The van der Waals surface area contributed by atoms with Gasteiger partial charge in [-0.3, -0.25) is 10.1 Å². The van der Waals surface area contributed by atoms with E-state index in [0.29, 0.717) is 6.61 Å². The fourth-order valence-corrected chi connectivity index (χ4v) is 1.82. The monoisotopic (exact) mass is 264 g/mol. The molecular weight excluding hydrogens is 248 g/mol. The van der Waals surface area contributed by atoms with Crippen molar-refractivity contribution in [1.82, 2.24) is 0 Å². The van der Waals surface area contributed by atoms with Crippen LogP contribution in [-0.4, -0.2) is 23.8 Å². The molecule has 0 saturated carbocycles. The van der Waals surface area contributed by atoms with Crippen LogP contribution in [0, 0.1) is 10.1 Å². The van der Waals surface area contributed by atoms with E-state index in [9.17, 15) is 10.1 Å². The molecule has 1 aliphatic rings. The number of anilines is 1. The van der Waals surface area contributed by atoms with Gasteiger partial charge in [-0.1, -0.05) is 12.1 Å². The van der Waals surface area contributed by atoms with E-state index in [0.717, 1.165) is 12.1 Å². The smallest absolute Gasteiger partial charge is 0.269 e. The summed E-state index contributed by atoms with van der Waals surface area (Å²) in [5.74, 6) is 0. The van der Waals surface area contributed by atoms with Crippen molar-refractivity contribution in [2.75, 3.05) is 11.6 Å². The minimum atomic E-state index is -0.428. The lowest BCUT2D eigenvalue weighted by atomic mass is 10.2. The summed E-state index contributed by atoms with van der Waals surface area (Å²) in [6.45, 7) is 4.59. The molecule has 0 aromatic heterocycles. The van der Waals surface area contributed by atoms with E-state index in [4.69, 9.17) is 4.74 Å². The molecule has 19 heavy (non-hydrogen) atoms. The van der Waals surface area contributed by atoms with E-state index >= 15 is 0 Å². The first kappa shape index (κ1) is 13.4. The van der Waals surface area contributed by atoms with E-state index < -0.39 is 4.92 Å². The molecule has 0 fully saturated rings. The van der Waals surface area contributed by atoms with Crippen molar-refractivity contribution < 1.29 is 9.66 Å². The molecule has 0 amide bonds. The third kappa shape index (κ3) is 2.87. The van der Waals surface area contributed by atoms with Crippen LogP contribution in [-0.2, 0) is 4.74 Å². The molecule has 0 spiro atoms. The number of ether oxygens (including phenoxy) is 1. The second-order valence-electron chi connectivity index (χ2n) is 4.32. The van der Waals surface area contributed by atoms with E-state index in [-0.39, 0.29) is 18.0 Å². The Balaban J connectivity index is 2.15. The maximum absolute atomic E-state index is 10.6. The fourth-order valence-electron chi connectivity index (χ4n) is 1.82. The third-order valence-electron chi connectivity index (χ3n) is 2.80. The van der Waals surface area contributed by atoms with Gasteiger partial charge in [-0.15, -0.1) is 0 Å². The van der Waals surface area contributed by atoms with E-state index in [1.807, 2.05) is 13.8 Å². The van der Waals surface area contributed by atoms with Crippen molar-refractivity contribution >= 4 is 11.4 Å². The van der Waals surface area contributed by atoms with E-state index in [2.05, 4.69) is 10.3 Å². The van der Waals surface area contributed by atoms with Gasteiger partial charge >= 0.3 is 0 Å². The van der Waals surface area contributed by atoms with Crippen molar-refractivity contribution in [2.45, 2.75) is 32.5 Å². The quantitative estimate of drug-likeness (QED) is 0.605. The highest BCUT2D eigenvalue weighted by Crippen LogP contribution is 2.28. The summed E-state index contributed by atoms with van der Waals surface area (Å²) in [5, 5.41) is 20.4. The highest BCUT2D eigenvalue weighted by Gasteiger charge is 2.31. The van der Waals surface area contributed by atoms with Crippen molar-refractivity contribution in [3.05, 3.63) is 34.4 Å². The molecule has 0 aliphatic carbocycles. The molecule has 1 aromatic rings. The van der Waals surface area contributed by atoms with Crippen LogP contribution in [0.25, 0.3) is 0 Å². The highest BCUT2D eigenvalue weighted by molar-refractivity contribution is 5.51. The first-order chi connectivity index (χ1) is 9.13. The summed E-state index contributed by atoms with van der Waals surface area (Å²) < 4.78 is 5.71. The maximum Gasteiger partial charge on any atom is 0.269 e. The van der Waals surface area contributed by atoms with Gasteiger partial charge in [-0.05, 0) is 25.5 Å². The summed E-state index contributed by atoms with van der Waals surface area (Å²) in [4.78, 5) is 10.2. The van der Waals surface area contributed by atoms with Gasteiger partial charge in [0.25, 0.3) is 5.69 Å². The zero-order valence-corrected chi connectivity index (χ0v) is 10.9. The van der Waals surface area contributed by atoms with Gasteiger partial charge < -0.3 is 4.74 Å². The van der Waals surface area contributed by atoms with Gasteiger partial charge in [0.2, 0.25) is 0 Å². The number of hydrogen-bond donors (Lipinski definition) is 0. The zero-order chi connectivity index (χ0) is 13.8. The molecule has 0 radical (unpaired) electrons. The molecule has 0 bridgehead atoms. The minimum Gasteiger partial charge on any atom is -0.354 e. The van der Waals surface area contributed by atoms with Crippen molar-refractivity contribution in [2.24, 2.45) is 10.3 Å². The number of non-ortho nitro benzene ring substituents is 1. The lowest BCUT2D eigenvalue weighted by Gasteiger charge is -2.24. The third-order valence-corrected chi connectivity index (χ3v) is 2.80. The Labute approximate surface area is 111 Å². The Morgan fingerprint density at radius 1 is 1.42 bits per heavy atom. The number of nitro benzene ring substituents is 1. The molecule has 102 valence electrons. The molecule has 2 rings (SSSR count).